The Morgan fingerprint density at radius 2 is 0.524 bits per heavy atom. The van der Waals surface area contributed by atoms with Gasteiger partial charge in [0.05, 0.1) is 34.4 Å². The molecule has 2 unspecified atom stereocenters. The smallest absolute Gasteiger partial charge is 0.361 e. The molecule has 0 aromatic carbocycles. The zero-order chi connectivity index (χ0) is 74.6. The molecule has 0 fully saturated rings. The zero-order valence-electron chi connectivity index (χ0n) is 68.5. The van der Waals surface area contributed by atoms with Crippen LogP contribution < -0.4 is 0 Å². The highest BCUT2D eigenvalue weighted by molar-refractivity contribution is 5.71. The number of likely N-dealkylation sites (N-methyl/N-ethyl adjacent to an activating group) is 1. The van der Waals surface area contributed by atoms with Gasteiger partial charge in [0.1, 0.15) is 13.2 Å². The number of quaternary nitrogens is 1. The van der Waals surface area contributed by atoms with Crippen molar-refractivity contribution in [1.29, 1.82) is 0 Å². The fraction of sp³-hybridized carbons (Fsp3) is 0.777. The van der Waals surface area contributed by atoms with Crippen LogP contribution in [-0.2, 0) is 33.3 Å². The minimum atomic E-state index is -1.51. The number of esters is 2. The fourth-order valence-electron chi connectivity index (χ4n) is 12.9. The van der Waals surface area contributed by atoms with Gasteiger partial charge < -0.3 is 28.5 Å². The lowest BCUT2D eigenvalue weighted by Crippen LogP contribution is -2.40. The average Bonchev–Trinajstić information content (AvgIpc) is 1.01. The summed E-state index contributed by atoms with van der Waals surface area (Å²) in [5.74, 6) is -1.98. The predicted octanol–water partition coefficient (Wildman–Crippen LogP) is 28.8. The Bertz CT molecular complexity index is 2070. The van der Waals surface area contributed by atoms with Crippen molar-refractivity contribution >= 4 is 17.9 Å². The van der Waals surface area contributed by atoms with Crippen LogP contribution in [0.4, 0.5) is 0 Å². The molecule has 0 aliphatic heterocycles. The van der Waals surface area contributed by atoms with Gasteiger partial charge in [-0.05, 0) is 96.3 Å². The summed E-state index contributed by atoms with van der Waals surface area (Å²) in [5, 5.41) is 9.79. The minimum absolute atomic E-state index is 0.178. The van der Waals surface area contributed by atoms with Gasteiger partial charge in [-0.25, -0.2) is 4.79 Å². The van der Waals surface area contributed by atoms with E-state index in [1.807, 2.05) is 21.1 Å². The number of carboxylic acids is 1. The normalized spacial score (nSPS) is 13.1. The molecule has 0 heterocycles. The van der Waals surface area contributed by atoms with Crippen molar-refractivity contribution in [2.75, 3.05) is 47.5 Å². The van der Waals surface area contributed by atoms with Gasteiger partial charge in [0, 0.05) is 12.8 Å². The van der Waals surface area contributed by atoms with Crippen LogP contribution >= 0.6 is 0 Å². The fourth-order valence-corrected chi connectivity index (χ4v) is 12.9. The lowest BCUT2D eigenvalue weighted by atomic mass is 10.0. The Morgan fingerprint density at radius 1 is 0.291 bits per heavy atom. The van der Waals surface area contributed by atoms with E-state index in [9.17, 15) is 19.5 Å². The molecule has 0 bridgehead atoms. The van der Waals surface area contributed by atoms with Crippen LogP contribution in [-0.4, -0.2) is 87.4 Å². The number of rotatable bonds is 82. The van der Waals surface area contributed by atoms with Crippen molar-refractivity contribution in [3.63, 3.8) is 0 Å². The van der Waals surface area contributed by atoms with Crippen molar-refractivity contribution in [2.45, 2.75) is 424 Å². The molecule has 596 valence electrons. The minimum Gasteiger partial charge on any atom is -0.477 e. The maximum absolute atomic E-state index is 13.0. The van der Waals surface area contributed by atoms with Crippen LogP contribution in [0.1, 0.15) is 412 Å². The Kier molecular flexibility index (Phi) is 80.3. The van der Waals surface area contributed by atoms with E-state index in [2.05, 4.69) is 123 Å². The first-order chi connectivity index (χ1) is 50.6. The highest BCUT2D eigenvalue weighted by Gasteiger charge is 2.25. The third kappa shape index (κ3) is 85.1. The molecular weight excluding hydrogens is 1270 g/mol. The number of unbranched alkanes of at least 4 members (excludes halogenated alkanes) is 49. The third-order valence-electron chi connectivity index (χ3n) is 19.5. The largest absolute Gasteiger partial charge is 0.477 e. The summed E-state index contributed by atoms with van der Waals surface area (Å²) in [6.07, 6.45) is 116. The van der Waals surface area contributed by atoms with Gasteiger partial charge in [-0.2, -0.15) is 0 Å². The van der Waals surface area contributed by atoms with E-state index >= 15 is 0 Å². The second-order valence-electron chi connectivity index (χ2n) is 30.8. The van der Waals surface area contributed by atoms with E-state index in [1.54, 1.807) is 0 Å². The first-order valence-electron chi connectivity index (χ1n) is 44.1. The summed E-state index contributed by atoms with van der Waals surface area (Å²) < 4.78 is 23.1. The monoisotopic (exact) mass is 1440 g/mol. The standard InChI is InChI=1S/C94H167NO8/c1-6-8-10-12-14-16-18-20-22-24-26-28-30-32-34-36-38-40-42-44-45-46-47-49-51-53-55-57-59-61-63-65-67-69-71-73-75-77-79-81-83-85-92(97)103-90(89-102-94(93(98)99)100-87-86-95(3,4)5)88-101-91(96)84-82-80-78-76-74-72-70-68-66-64-62-60-58-56-54-52-50-48-43-41-39-37-35-33-31-29-27-25-23-21-19-17-15-13-11-9-7-2/h8-11,14-17,20-23,26-29,32,34,90,94H,6-7,12-13,18-19,24-25,30-31,33,35-89H2,1-5H3/p+1/b10-8-,11-9-,16-14-,17-15-,22-20-,23-21-,28-26-,29-27-,34-32-. The predicted molar refractivity (Wildman–Crippen MR) is 447 cm³/mol. The number of hydrogen-bond donors (Lipinski definition) is 1. The number of allylic oxidation sites excluding steroid dienone is 18. The number of carbonyl (C=O) groups is 3. The highest BCUT2D eigenvalue weighted by Crippen LogP contribution is 2.20. The third-order valence-corrected chi connectivity index (χ3v) is 19.5. The summed E-state index contributed by atoms with van der Waals surface area (Å²) in [4.78, 5) is 37.8. The number of hydrogen-bond acceptors (Lipinski definition) is 7. The second-order valence-corrected chi connectivity index (χ2v) is 30.8. The van der Waals surface area contributed by atoms with Gasteiger partial charge in [0.15, 0.2) is 6.10 Å². The molecule has 0 rings (SSSR count). The van der Waals surface area contributed by atoms with E-state index in [4.69, 9.17) is 18.9 Å². The molecule has 103 heavy (non-hydrogen) atoms. The van der Waals surface area contributed by atoms with Crippen LogP contribution in [0.5, 0.6) is 0 Å². The summed E-state index contributed by atoms with van der Waals surface area (Å²) in [6, 6.07) is 0. The molecule has 0 aromatic rings. The van der Waals surface area contributed by atoms with Crippen molar-refractivity contribution < 1.29 is 42.9 Å². The molecule has 0 aromatic heterocycles. The number of nitrogens with zero attached hydrogens (tertiary/aromatic N) is 1. The van der Waals surface area contributed by atoms with Crippen LogP contribution in [0.3, 0.4) is 0 Å². The molecule has 0 saturated heterocycles. The van der Waals surface area contributed by atoms with Gasteiger partial charge in [-0.15, -0.1) is 0 Å². The van der Waals surface area contributed by atoms with Crippen LogP contribution in [0.2, 0.25) is 0 Å². The number of carboxylic acid groups (broad SMARTS) is 1. The van der Waals surface area contributed by atoms with Crippen molar-refractivity contribution in [1.82, 2.24) is 0 Å². The molecule has 0 aliphatic rings. The molecule has 0 amide bonds. The Balaban J connectivity index is 3.92. The van der Waals surface area contributed by atoms with Crippen LogP contribution in [0, 0.1) is 0 Å². The SMILES string of the molecule is CC/C=C\C/C=C\C/C=C\C/C=C\C/C=C\CCCCCCCCCCCCCCCCCCCCCCCCCCCC(=O)OC(COC(=O)CCCCCCCCCCCCCCCCCCCCCCCCCC/C=C\C/C=C\C/C=C\C/C=C\CC)COC(OCC[N+](C)(C)C)C(=O)O. The van der Waals surface area contributed by atoms with Crippen molar-refractivity contribution in [2.24, 2.45) is 0 Å². The molecule has 0 radical (unpaired) electrons. The average molecular weight is 1440 g/mol. The molecular formula is C94H168NO8+. The van der Waals surface area contributed by atoms with Crippen molar-refractivity contribution in [3.05, 3.63) is 109 Å². The molecule has 0 aliphatic carbocycles. The number of aliphatic carboxylic acids is 1. The number of carbonyl (C=O) groups excluding carboxylic acids is 2. The summed E-state index contributed by atoms with van der Waals surface area (Å²) in [6.45, 7) is 4.71. The van der Waals surface area contributed by atoms with Crippen LogP contribution in [0.25, 0.3) is 0 Å². The van der Waals surface area contributed by atoms with Crippen LogP contribution in [0.15, 0.2) is 109 Å². The summed E-state index contributed by atoms with van der Waals surface area (Å²) in [5.41, 5.74) is 0. The lowest BCUT2D eigenvalue weighted by Gasteiger charge is -2.25. The second kappa shape index (κ2) is 83.6. The summed E-state index contributed by atoms with van der Waals surface area (Å²) >= 11 is 0. The maximum atomic E-state index is 13.0. The van der Waals surface area contributed by atoms with Gasteiger partial charge in [0.25, 0.3) is 6.29 Å². The molecule has 2 atom stereocenters. The molecule has 9 nitrogen and oxygen atoms in total. The van der Waals surface area contributed by atoms with Crippen molar-refractivity contribution in [3.8, 4) is 0 Å². The summed E-state index contributed by atoms with van der Waals surface area (Å²) in [7, 11) is 6.00. The van der Waals surface area contributed by atoms with E-state index in [-0.39, 0.29) is 38.2 Å². The van der Waals surface area contributed by atoms with E-state index in [0.717, 1.165) is 96.3 Å². The van der Waals surface area contributed by atoms with Gasteiger partial charge in [-0.1, -0.05) is 412 Å². The Morgan fingerprint density at radius 3 is 0.777 bits per heavy atom. The van der Waals surface area contributed by atoms with Gasteiger partial charge in [-0.3, -0.25) is 9.59 Å². The molecule has 0 spiro atoms. The highest BCUT2D eigenvalue weighted by atomic mass is 16.7. The topological polar surface area (TPSA) is 108 Å². The van der Waals surface area contributed by atoms with E-state index < -0.39 is 18.4 Å². The maximum Gasteiger partial charge on any atom is 0.361 e. The zero-order valence-corrected chi connectivity index (χ0v) is 68.5. The van der Waals surface area contributed by atoms with Gasteiger partial charge in [0.2, 0.25) is 0 Å². The van der Waals surface area contributed by atoms with E-state index in [1.165, 1.54) is 289 Å². The first-order valence-corrected chi connectivity index (χ1v) is 44.1. The molecule has 1 N–H and O–H groups in total. The Hall–Kier alpha value is -4.05. The lowest BCUT2D eigenvalue weighted by molar-refractivity contribution is -0.870. The van der Waals surface area contributed by atoms with E-state index in [0.29, 0.717) is 17.4 Å². The molecule has 9 heteroatoms. The Labute approximate surface area is 638 Å². The quantitative estimate of drug-likeness (QED) is 0.0211. The van der Waals surface area contributed by atoms with Gasteiger partial charge >= 0.3 is 17.9 Å². The number of ether oxygens (including phenoxy) is 4. The molecule has 0 saturated carbocycles. The first kappa shape index (κ1) is 98.9.